The highest BCUT2D eigenvalue weighted by Gasteiger charge is 2.45. The SMILES string of the molecule is CC[C@H](C)[C@@H]1NC(=O)[C@H](CC(C)C)NC(=O)[C@H](Cc2ccc(OS(=O)(=O)O)cc2)NC(=O)[C@H](Cc2ccccc2)NC(=O)[C@@H]2CCCN2C(=O)[C@@H]2CCCN2C(=O)[C@H](C(C)C)NC(=O)[C@H](CC(C)C)NC(=O)[C@H]([C@@H](C)CC)NC1=O. The number of hydrogen-bond acceptors (Lipinski definition) is 12. The molecule has 0 saturated carbocycles. The molecule has 0 unspecified atom stereocenters. The molecule has 11 atom stereocenters. The van der Waals surface area contributed by atoms with Crippen LogP contribution in [0.15, 0.2) is 54.6 Å². The summed E-state index contributed by atoms with van der Waals surface area (Å²) in [7, 11) is -4.88. The summed E-state index contributed by atoms with van der Waals surface area (Å²) in [4.78, 5) is 135. The average Bonchev–Trinajstić information content (AvgIpc) is 4.17. The van der Waals surface area contributed by atoms with E-state index in [-0.39, 0.29) is 62.8 Å². The molecule has 22 nitrogen and oxygen atoms in total. The molecule has 2 aromatic rings. The summed E-state index contributed by atoms with van der Waals surface area (Å²) < 4.78 is 36.8. The van der Waals surface area contributed by atoms with E-state index in [4.69, 9.17) is 0 Å². The summed E-state index contributed by atoms with van der Waals surface area (Å²) in [5, 5.41) is 19.9. The van der Waals surface area contributed by atoms with Crippen LogP contribution >= 0.6 is 0 Å². The van der Waals surface area contributed by atoms with Crippen molar-refractivity contribution in [2.75, 3.05) is 13.1 Å². The van der Waals surface area contributed by atoms with Gasteiger partial charge in [0.25, 0.3) is 0 Å². The molecule has 8 N–H and O–H groups in total. The van der Waals surface area contributed by atoms with Crippen LogP contribution in [0.25, 0.3) is 0 Å². The van der Waals surface area contributed by atoms with E-state index < -0.39 is 136 Å². The van der Waals surface area contributed by atoms with Gasteiger partial charge in [0.15, 0.2) is 0 Å². The molecule has 5 rings (SSSR count). The van der Waals surface area contributed by atoms with Gasteiger partial charge in [-0.15, -0.1) is 0 Å². The second-order valence-electron chi connectivity index (χ2n) is 22.9. The lowest BCUT2D eigenvalue weighted by Crippen LogP contribution is -2.62. The van der Waals surface area contributed by atoms with E-state index in [0.29, 0.717) is 43.2 Å². The van der Waals surface area contributed by atoms with Gasteiger partial charge in [0.2, 0.25) is 53.2 Å². The number of hydrogen-bond donors (Lipinski definition) is 8. The molecular weight excluding hydrogens is 1050 g/mol. The van der Waals surface area contributed by atoms with Crippen molar-refractivity contribution >= 4 is 63.6 Å². The van der Waals surface area contributed by atoms with Crippen molar-refractivity contribution in [1.82, 2.24) is 47.0 Å². The summed E-state index contributed by atoms with van der Waals surface area (Å²) in [5.41, 5.74) is 1.02. The fourth-order valence-electron chi connectivity index (χ4n) is 10.4. The minimum absolute atomic E-state index is 0.0587. The van der Waals surface area contributed by atoms with Crippen molar-refractivity contribution in [2.24, 2.45) is 29.6 Å². The van der Waals surface area contributed by atoms with Crippen LogP contribution in [0.1, 0.15) is 132 Å². The Labute approximate surface area is 471 Å². The topological polar surface area (TPSA) is 308 Å². The van der Waals surface area contributed by atoms with Crippen LogP contribution in [0.4, 0.5) is 0 Å². The first-order valence-electron chi connectivity index (χ1n) is 28.2. The first kappa shape index (κ1) is 64.2. The van der Waals surface area contributed by atoms with Crippen molar-refractivity contribution in [3.8, 4) is 5.75 Å². The number of benzene rings is 2. The third-order valence-corrected chi connectivity index (χ3v) is 15.7. The lowest BCUT2D eigenvalue weighted by molar-refractivity contribution is -0.148. The summed E-state index contributed by atoms with van der Waals surface area (Å²) in [6.07, 6.45) is 2.20. The van der Waals surface area contributed by atoms with E-state index in [0.717, 1.165) is 0 Å². The Hall–Kier alpha value is -6.62. The summed E-state index contributed by atoms with van der Waals surface area (Å²) >= 11 is 0. The van der Waals surface area contributed by atoms with E-state index >= 15 is 0 Å². The number of rotatable bonds is 15. The van der Waals surface area contributed by atoms with E-state index in [1.807, 2.05) is 41.5 Å². The Morgan fingerprint density at radius 1 is 0.500 bits per heavy atom. The number of carbonyl (C=O) groups excluding carboxylic acids is 9. The molecule has 442 valence electrons. The maximum absolute atomic E-state index is 14.8. The minimum Gasteiger partial charge on any atom is -0.362 e. The maximum atomic E-state index is 14.8. The summed E-state index contributed by atoms with van der Waals surface area (Å²) in [6.45, 7) is 18.5. The van der Waals surface area contributed by atoms with E-state index in [9.17, 15) is 56.1 Å². The van der Waals surface area contributed by atoms with Crippen molar-refractivity contribution in [3.05, 3.63) is 65.7 Å². The van der Waals surface area contributed by atoms with Crippen molar-refractivity contribution < 1.29 is 60.3 Å². The Morgan fingerprint density at radius 3 is 1.38 bits per heavy atom. The van der Waals surface area contributed by atoms with E-state index in [2.05, 4.69) is 41.4 Å². The average molecular weight is 1140 g/mol. The smallest absolute Gasteiger partial charge is 0.362 e. The predicted octanol–water partition coefficient (Wildman–Crippen LogP) is 2.88. The largest absolute Gasteiger partial charge is 0.446 e. The van der Waals surface area contributed by atoms with Crippen LogP contribution in [-0.4, -0.2) is 143 Å². The van der Waals surface area contributed by atoms with Gasteiger partial charge in [0.05, 0.1) is 0 Å². The van der Waals surface area contributed by atoms with Crippen molar-refractivity contribution in [2.45, 2.75) is 188 Å². The first-order chi connectivity index (χ1) is 37.7. The molecule has 3 saturated heterocycles. The quantitative estimate of drug-likeness (QED) is 0.119. The van der Waals surface area contributed by atoms with Gasteiger partial charge in [-0.2, -0.15) is 8.42 Å². The standard InChI is InChI=1S/C57H85N9O13S/c1-11-35(9)47-54(72)61-41(29-33(5)6)51(69)62-46(34(7)8)57(75)66-27-17-21-45(66)56(74)65-26-16-20-44(65)53(71)60-43(30-37-18-14-13-15-19-37)50(68)59-42(31-38-22-24-39(25-23-38)79-80(76,77)78)49(67)58-40(28-32(3)4)52(70)63-48(36(10)12-2)55(73)64-47/h13-15,18-19,22-25,32-36,40-48H,11-12,16-17,20-21,26-31H2,1-10H3,(H,58,67)(H,59,68)(H,60,71)(H,61,72)(H,62,69)(H,63,70)(H,64,73)(H,76,77,78)/t35-,36-,40-,41-,42-,43-,44-,45-,46-,47-,48-/m0/s1. The number of amides is 9. The highest BCUT2D eigenvalue weighted by molar-refractivity contribution is 7.81. The Bertz CT molecular complexity index is 2620. The van der Waals surface area contributed by atoms with Crippen LogP contribution in [0.5, 0.6) is 5.75 Å². The van der Waals surface area contributed by atoms with Crippen molar-refractivity contribution in [1.29, 1.82) is 0 Å². The van der Waals surface area contributed by atoms with Gasteiger partial charge in [-0.05, 0) is 91.4 Å². The molecule has 3 fully saturated rings. The number of nitrogens with one attached hydrogen (secondary N) is 7. The molecule has 3 aliphatic heterocycles. The molecular formula is C57H85N9O13S. The zero-order chi connectivity index (χ0) is 59.2. The van der Waals surface area contributed by atoms with Gasteiger partial charge < -0.3 is 51.2 Å². The fourth-order valence-corrected chi connectivity index (χ4v) is 10.8. The predicted molar refractivity (Wildman–Crippen MR) is 298 cm³/mol. The normalized spacial score (nSPS) is 26.5. The molecule has 0 spiro atoms. The molecule has 9 amide bonds. The second-order valence-corrected chi connectivity index (χ2v) is 23.9. The second kappa shape index (κ2) is 29.2. The Balaban J connectivity index is 1.63. The molecule has 23 heteroatoms. The van der Waals surface area contributed by atoms with E-state index in [1.54, 1.807) is 58.0 Å². The van der Waals surface area contributed by atoms with Crippen molar-refractivity contribution in [3.63, 3.8) is 0 Å². The number of nitrogens with zero attached hydrogens (tertiary/aromatic N) is 2. The molecule has 0 radical (unpaired) electrons. The summed E-state index contributed by atoms with van der Waals surface area (Å²) in [5.74, 6) is -7.98. The maximum Gasteiger partial charge on any atom is 0.446 e. The van der Waals surface area contributed by atoms with Gasteiger partial charge in [0.1, 0.15) is 60.1 Å². The van der Waals surface area contributed by atoms with Gasteiger partial charge >= 0.3 is 10.4 Å². The van der Waals surface area contributed by atoms with Crippen LogP contribution in [0.2, 0.25) is 0 Å². The monoisotopic (exact) mass is 1140 g/mol. The van der Waals surface area contributed by atoms with Crippen LogP contribution in [-0.2, 0) is 66.4 Å². The van der Waals surface area contributed by atoms with Crippen LogP contribution in [0.3, 0.4) is 0 Å². The Morgan fingerprint density at radius 2 is 0.900 bits per heavy atom. The minimum atomic E-state index is -4.88. The molecule has 0 aliphatic carbocycles. The number of carbonyl (C=O) groups is 9. The molecule has 3 heterocycles. The van der Waals surface area contributed by atoms with Crippen LogP contribution in [0, 0.1) is 29.6 Å². The Kier molecular flexibility index (Phi) is 23.4. The van der Waals surface area contributed by atoms with Gasteiger partial charge in [-0.3, -0.25) is 47.7 Å². The molecule has 2 aromatic carbocycles. The highest BCUT2D eigenvalue weighted by Crippen LogP contribution is 2.27. The fraction of sp³-hybridized carbons (Fsp3) is 0.632. The number of fused-ring (bicyclic) bond motifs is 2. The lowest BCUT2D eigenvalue weighted by Gasteiger charge is -2.35. The first-order valence-corrected chi connectivity index (χ1v) is 29.6. The molecule has 0 bridgehead atoms. The van der Waals surface area contributed by atoms with Crippen LogP contribution < -0.4 is 41.4 Å². The third kappa shape index (κ3) is 17.9. The zero-order valence-electron chi connectivity index (χ0n) is 47.9. The van der Waals surface area contributed by atoms with Gasteiger partial charge in [0, 0.05) is 25.9 Å². The summed E-state index contributed by atoms with van der Waals surface area (Å²) in [6, 6.07) is 3.29. The molecule has 80 heavy (non-hydrogen) atoms. The van der Waals surface area contributed by atoms with Gasteiger partial charge in [-0.25, -0.2) is 0 Å². The van der Waals surface area contributed by atoms with Gasteiger partial charge in [-0.1, -0.05) is 125 Å². The highest BCUT2D eigenvalue weighted by atomic mass is 32.3. The lowest BCUT2D eigenvalue weighted by atomic mass is 9.93. The molecule has 3 aliphatic rings. The zero-order valence-corrected chi connectivity index (χ0v) is 48.7. The molecule has 0 aromatic heterocycles. The van der Waals surface area contributed by atoms with E-state index in [1.165, 1.54) is 34.1 Å². The third-order valence-electron chi connectivity index (χ3n) is 15.3.